The molecule has 1 saturated carbocycles. The van der Waals surface area contributed by atoms with Gasteiger partial charge in [0, 0.05) is 0 Å². The maximum atomic E-state index is 9.77. The minimum atomic E-state index is -0.0732. The summed E-state index contributed by atoms with van der Waals surface area (Å²) in [6.07, 6.45) is 10.4. The Bertz CT molecular complexity index is 746. The van der Waals surface area contributed by atoms with Crippen LogP contribution in [-0.2, 0) is 0 Å². The van der Waals surface area contributed by atoms with Crippen LogP contribution in [0, 0.1) is 16.7 Å². The molecule has 1 fully saturated rings. The van der Waals surface area contributed by atoms with Crippen LogP contribution in [0.3, 0.4) is 0 Å². The van der Waals surface area contributed by atoms with Crippen LogP contribution in [-0.4, -0.2) is 5.11 Å². The van der Waals surface area contributed by atoms with E-state index in [2.05, 4.69) is 37.3 Å². The summed E-state index contributed by atoms with van der Waals surface area (Å²) >= 11 is 0. The van der Waals surface area contributed by atoms with E-state index >= 15 is 0 Å². The number of hydrogen-bond donors (Lipinski definition) is 1. The summed E-state index contributed by atoms with van der Waals surface area (Å²) in [6.45, 7) is 2.23. The highest BCUT2D eigenvalue weighted by Gasteiger charge is 2.35. The third-order valence-electron chi connectivity index (χ3n) is 6.27. The minimum absolute atomic E-state index is 0.0732. The molecule has 0 amide bonds. The van der Waals surface area contributed by atoms with Gasteiger partial charge in [0.2, 0.25) is 0 Å². The van der Waals surface area contributed by atoms with Crippen molar-refractivity contribution in [3.05, 3.63) is 54.1 Å². The van der Waals surface area contributed by atoms with Crippen LogP contribution in [0.25, 0.3) is 11.1 Å². The number of rotatable bonds is 7. The van der Waals surface area contributed by atoms with E-state index in [-0.39, 0.29) is 5.41 Å². The number of phenols is 1. The molecule has 2 nitrogen and oxygen atoms in total. The molecule has 0 heterocycles. The largest absolute Gasteiger partial charge is 0.508 e. The second kappa shape index (κ2) is 9.09. The molecule has 2 heteroatoms. The topological polar surface area (TPSA) is 44.0 Å². The Labute approximate surface area is 163 Å². The van der Waals surface area contributed by atoms with Crippen molar-refractivity contribution >= 4 is 0 Å². The lowest BCUT2D eigenvalue weighted by molar-refractivity contribution is 0.223. The summed E-state index contributed by atoms with van der Waals surface area (Å²) in [5.74, 6) is 0.879. The van der Waals surface area contributed by atoms with Gasteiger partial charge in [-0.3, -0.25) is 0 Å². The van der Waals surface area contributed by atoms with Crippen molar-refractivity contribution < 1.29 is 5.11 Å². The number of unbranched alkanes of at least 4 members (excludes halogenated alkanes) is 3. The number of nitriles is 1. The van der Waals surface area contributed by atoms with E-state index in [1.54, 1.807) is 12.1 Å². The van der Waals surface area contributed by atoms with Gasteiger partial charge in [0.05, 0.1) is 11.5 Å². The standard InChI is InChI=1S/C25H31NO/c1-2-3-4-5-16-25(19-26)17-14-23(15-18-25)21-8-6-20(7-9-21)22-10-12-24(27)13-11-22/h6-13,23,27H,2-5,14-18H2,1H3. The van der Waals surface area contributed by atoms with Gasteiger partial charge in [-0.2, -0.15) is 5.26 Å². The molecule has 0 aromatic heterocycles. The zero-order chi connectivity index (χ0) is 19.1. The Hall–Kier alpha value is -2.27. The summed E-state index contributed by atoms with van der Waals surface area (Å²) in [7, 11) is 0. The number of hydrogen-bond acceptors (Lipinski definition) is 2. The minimum Gasteiger partial charge on any atom is -0.508 e. The summed E-state index contributed by atoms with van der Waals surface area (Å²) in [4.78, 5) is 0. The molecule has 2 aromatic rings. The number of nitrogens with zero attached hydrogens (tertiary/aromatic N) is 1. The summed E-state index contributed by atoms with van der Waals surface area (Å²) in [5.41, 5.74) is 3.63. The van der Waals surface area contributed by atoms with Crippen LogP contribution >= 0.6 is 0 Å². The fourth-order valence-corrected chi connectivity index (χ4v) is 4.41. The van der Waals surface area contributed by atoms with Crippen molar-refractivity contribution in [3.63, 3.8) is 0 Å². The number of phenolic OH excluding ortho intramolecular Hbond substituents is 1. The maximum absolute atomic E-state index is 9.77. The highest BCUT2D eigenvalue weighted by Crippen LogP contribution is 2.45. The van der Waals surface area contributed by atoms with Gasteiger partial charge < -0.3 is 5.11 Å². The van der Waals surface area contributed by atoms with Crippen LogP contribution in [0.5, 0.6) is 5.75 Å². The Balaban J connectivity index is 1.59. The molecule has 0 radical (unpaired) electrons. The summed E-state index contributed by atoms with van der Waals surface area (Å²) in [6, 6.07) is 18.9. The lowest BCUT2D eigenvalue weighted by Gasteiger charge is -2.35. The molecule has 0 aliphatic heterocycles. The van der Waals surface area contributed by atoms with E-state index in [0.29, 0.717) is 11.7 Å². The summed E-state index contributed by atoms with van der Waals surface area (Å²) in [5, 5.41) is 19.2. The molecule has 1 aliphatic carbocycles. The first kappa shape index (κ1) is 19.5. The zero-order valence-electron chi connectivity index (χ0n) is 16.5. The van der Waals surface area contributed by atoms with E-state index in [0.717, 1.165) is 37.7 Å². The SMILES string of the molecule is CCCCCCC1(C#N)CCC(c2ccc(-c3ccc(O)cc3)cc2)CC1. The van der Waals surface area contributed by atoms with Crippen molar-refractivity contribution in [2.45, 2.75) is 70.6 Å². The Morgan fingerprint density at radius 3 is 2.07 bits per heavy atom. The normalized spacial score (nSPS) is 22.3. The molecule has 2 aromatic carbocycles. The Morgan fingerprint density at radius 1 is 0.926 bits per heavy atom. The van der Waals surface area contributed by atoms with Gasteiger partial charge in [0.1, 0.15) is 5.75 Å². The first-order chi connectivity index (χ1) is 13.2. The monoisotopic (exact) mass is 361 g/mol. The van der Waals surface area contributed by atoms with E-state index in [1.165, 1.54) is 36.8 Å². The molecular weight excluding hydrogens is 330 g/mol. The highest BCUT2D eigenvalue weighted by molar-refractivity contribution is 5.64. The molecule has 0 saturated heterocycles. The molecule has 0 atom stereocenters. The van der Waals surface area contributed by atoms with E-state index in [1.807, 2.05) is 12.1 Å². The number of aromatic hydroxyl groups is 1. The second-order valence-corrected chi connectivity index (χ2v) is 8.15. The Morgan fingerprint density at radius 2 is 1.52 bits per heavy atom. The summed E-state index contributed by atoms with van der Waals surface area (Å²) < 4.78 is 0. The predicted octanol–water partition coefficient (Wildman–Crippen LogP) is 7.20. The molecule has 3 rings (SSSR count). The van der Waals surface area contributed by atoms with Crippen LogP contribution in [0.2, 0.25) is 0 Å². The molecule has 142 valence electrons. The lowest BCUT2D eigenvalue weighted by Crippen LogP contribution is -2.25. The highest BCUT2D eigenvalue weighted by atomic mass is 16.3. The quantitative estimate of drug-likeness (QED) is 0.530. The van der Waals surface area contributed by atoms with Crippen molar-refractivity contribution in [3.8, 4) is 22.9 Å². The first-order valence-corrected chi connectivity index (χ1v) is 10.5. The van der Waals surface area contributed by atoms with Crippen LogP contribution in [0.1, 0.15) is 76.2 Å². The fraction of sp³-hybridized carbons (Fsp3) is 0.480. The third-order valence-corrected chi connectivity index (χ3v) is 6.27. The second-order valence-electron chi connectivity index (χ2n) is 8.15. The van der Waals surface area contributed by atoms with Crippen LogP contribution in [0.15, 0.2) is 48.5 Å². The van der Waals surface area contributed by atoms with Crippen LogP contribution in [0.4, 0.5) is 0 Å². The molecular formula is C25H31NO. The van der Waals surface area contributed by atoms with E-state index < -0.39 is 0 Å². The average Bonchev–Trinajstić information content (AvgIpc) is 2.72. The van der Waals surface area contributed by atoms with Gasteiger partial charge in [-0.05, 0) is 66.8 Å². The molecule has 0 spiro atoms. The van der Waals surface area contributed by atoms with E-state index in [9.17, 15) is 10.4 Å². The maximum Gasteiger partial charge on any atom is 0.115 e. The smallest absolute Gasteiger partial charge is 0.115 e. The lowest BCUT2D eigenvalue weighted by atomic mass is 9.67. The van der Waals surface area contributed by atoms with Crippen molar-refractivity contribution in [2.24, 2.45) is 5.41 Å². The first-order valence-electron chi connectivity index (χ1n) is 10.5. The number of benzene rings is 2. The third kappa shape index (κ3) is 4.92. The molecule has 0 unspecified atom stereocenters. The Kier molecular flexibility index (Phi) is 6.56. The fourth-order valence-electron chi connectivity index (χ4n) is 4.41. The molecule has 1 aliphatic rings. The van der Waals surface area contributed by atoms with Gasteiger partial charge in [-0.15, -0.1) is 0 Å². The van der Waals surface area contributed by atoms with Gasteiger partial charge in [-0.1, -0.05) is 69.0 Å². The van der Waals surface area contributed by atoms with Crippen molar-refractivity contribution in [1.82, 2.24) is 0 Å². The van der Waals surface area contributed by atoms with Crippen molar-refractivity contribution in [1.29, 1.82) is 5.26 Å². The van der Waals surface area contributed by atoms with Crippen LogP contribution < -0.4 is 0 Å². The van der Waals surface area contributed by atoms with Crippen molar-refractivity contribution in [2.75, 3.05) is 0 Å². The molecule has 0 bridgehead atoms. The van der Waals surface area contributed by atoms with Gasteiger partial charge in [0.25, 0.3) is 0 Å². The predicted molar refractivity (Wildman–Crippen MR) is 112 cm³/mol. The van der Waals surface area contributed by atoms with E-state index in [4.69, 9.17) is 0 Å². The van der Waals surface area contributed by atoms with Gasteiger partial charge >= 0.3 is 0 Å². The molecule has 1 N–H and O–H groups in total. The average molecular weight is 362 g/mol. The van der Waals surface area contributed by atoms with Gasteiger partial charge in [-0.25, -0.2) is 0 Å². The zero-order valence-corrected chi connectivity index (χ0v) is 16.5. The molecule has 27 heavy (non-hydrogen) atoms. The van der Waals surface area contributed by atoms with Gasteiger partial charge in [0.15, 0.2) is 0 Å².